The van der Waals surface area contributed by atoms with Crippen molar-refractivity contribution < 1.29 is 24.2 Å². The predicted octanol–water partition coefficient (Wildman–Crippen LogP) is 6.37. The monoisotopic (exact) mass is 542 g/mol. The van der Waals surface area contributed by atoms with Gasteiger partial charge in [0, 0.05) is 32.0 Å². The van der Waals surface area contributed by atoms with Crippen LogP contribution >= 0.6 is 0 Å². The number of benzene rings is 3. The fourth-order valence-electron chi connectivity index (χ4n) is 5.26. The van der Waals surface area contributed by atoms with Gasteiger partial charge in [-0.25, -0.2) is 4.79 Å². The maximum Gasteiger partial charge on any atom is 0.407 e. The molecule has 0 unspecified atom stereocenters. The Hall–Kier alpha value is -4.13. The minimum absolute atomic E-state index is 0.0120. The first-order valence-corrected chi connectivity index (χ1v) is 14.2. The van der Waals surface area contributed by atoms with E-state index in [-0.39, 0.29) is 24.8 Å². The molecule has 3 aromatic carbocycles. The van der Waals surface area contributed by atoms with E-state index in [4.69, 9.17) is 9.84 Å². The number of fused-ring (bicyclic) bond motifs is 3. The molecular formula is C33H38N2O5. The predicted molar refractivity (Wildman–Crippen MR) is 155 cm³/mol. The molecular weight excluding hydrogens is 504 g/mol. The third-order valence-electron chi connectivity index (χ3n) is 7.34. The maximum absolute atomic E-state index is 12.7. The minimum Gasteiger partial charge on any atom is -0.481 e. The summed E-state index contributed by atoms with van der Waals surface area (Å²) in [5.41, 5.74) is 5.79. The number of hydrogen-bond acceptors (Lipinski definition) is 4. The summed E-state index contributed by atoms with van der Waals surface area (Å²) in [4.78, 5) is 37.7. The number of carboxylic acids is 1. The molecule has 0 saturated heterocycles. The van der Waals surface area contributed by atoms with Gasteiger partial charge in [-0.15, -0.1) is 0 Å². The molecule has 40 heavy (non-hydrogen) atoms. The van der Waals surface area contributed by atoms with Crippen molar-refractivity contribution in [3.8, 4) is 11.1 Å². The maximum atomic E-state index is 12.7. The van der Waals surface area contributed by atoms with Crippen molar-refractivity contribution in [1.82, 2.24) is 10.2 Å². The molecule has 210 valence electrons. The summed E-state index contributed by atoms with van der Waals surface area (Å²) >= 11 is 0. The van der Waals surface area contributed by atoms with Crippen LogP contribution in [-0.2, 0) is 20.9 Å². The highest BCUT2D eigenvalue weighted by molar-refractivity contribution is 5.79. The first-order chi connectivity index (χ1) is 19.5. The highest BCUT2D eigenvalue weighted by Gasteiger charge is 2.28. The van der Waals surface area contributed by atoms with Crippen molar-refractivity contribution in [3.05, 3.63) is 95.6 Å². The second kappa shape index (κ2) is 14.9. The Morgan fingerprint density at radius 3 is 2.02 bits per heavy atom. The van der Waals surface area contributed by atoms with E-state index in [2.05, 4.69) is 29.6 Å². The Bertz CT molecular complexity index is 1230. The van der Waals surface area contributed by atoms with Gasteiger partial charge in [0.25, 0.3) is 0 Å². The number of unbranched alkanes of at least 4 members (excludes halogenated alkanes) is 4. The summed E-state index contributed by atoms with van der Waals surface area (Å²) in [5, 5.41) is 11.9. The third kappa shape index (κ3) is 8.18. The largest absolute Gasteiger partial charge is 0.481 e. The lowest BCUT2D eigenvalue weighted by molar-refractivity contribution is -0.138. The van der Waals surface area contributed by atoms with E-state index in [1.54, 1.807) is 4.90 Å². The summed E-state index contributed by atoms with van der Waals surface area (Å²) in [6.07, 6.45) is 4.38. The first kappa shape index (κ1) is 28.9. The molecule has 2 amide bonds. The molecule has 2 N–H and O–H groups in total. The number of amides is 2. The average molecular weight is 543 g/mol. The van der Waals surface area contributed by atoms with Gasteiger partial charge in [-0.2, -0.15) is 0 Å². The molecule has 0 radical (unpaired) electrons. The van der Waals surface area contributed by atoms with Crippen LogP contribution in [0, 0.1) is 0 Å². The molecule has 0 heterocycles. The summed E-state index contributed by atoms with van der Waals surface area (Å²) in [5.74, 6) is -0.867. The molecule has 1 aliphatic carbocycles. The normalized spacial score (nSPS) is 11.9. The zero-order valence-corrected chi connectivity index (χ0v) is 22.9. The van der Waals surface area contributed by atoms with Gasteiger partial charge < -0.3 is 20.1 Å². The van der Waals surface area contributed by atoms with E-state index in [1.165, 1.54) is 22.3 Å². The first-order valence-electron chi connectivity index (χ1n) is 14.2. The van der Waals surface area contributed by atoms with Crippen LogP contribution in [-0.4, -0.2) is 47.7 Å². The number of carbonyl (C=O) groups excluding carboxylic acids is 2. The lowest BCUT2D eigenvalue weighted by atomic mass is 9.98. The Kier molecular flexibility index (Phi) is 10.7. The molecule has 1 aliphatic rings. The van der Waals surface area contributed by atoms with Crippen LogP contribution in [0.15, 0.2) is 78.9 Å². The molecule has 0 fully saturated rings. The van der Waals surface area contributed by atoms with Crippen molar-refractivity contribution in [1.29, 1.82) is 0 Å². The number of nitrogens with one attached hydrogen (secondary N) is 1. The van der Waals surface area contributed by atoms with Crippen molar-refractivity contribution in [2.75, 3.05) is 19.7 Å². The third-order valence-corrected chi connectivity index (χ3v) is 7.34. The van der Waals surface area contributed by atoms with Crippen molar-refractivity contribution >= 4 is 18.0 Å². The minimum atomic E-state index is -0.905. The number of rotatable bonds is 15. The molecule has 7 heteroatoms. The quantitative estimate of drug-likeness (QED) is 0.218. The van der Waals surface area contributed by atoms with E-state index in [9.17, 15) is 14.4 Å². The van der Waals surface area contributed by atoms with Crippen LogP contribution in [0.5, 0.6) is 0 Å². The lowest BCUT2D eigenvalue weighted by Gasteiger charge is -2.22. The second-order valence-electron chi connectivity index (χ2n) is 10.2. The fraction of sp³-hybridized carbons (Fsp3) is 0.364. The van der Waals surface area contributed by atoms with Crippen LogP contribution in [0.1, 0.15) is 67.6 Å². The van der Waals surface area contributed by atoms with Gasteiger partial charge in [0.05, 0.1) is 6.42 Å². The Labute approximate surface area is 236 Å². The van der Waals surface area contributed by atoms with E-state index >= 15 is 0 Å². The molecule has 0 saturated carbocycles. The van der Waals surface area contributed by atoms with Gasteiger partial charge in [-0.3, -0.25) is 9.59 Å². The Morgan fingerprint density at radius 1 is 0.750 bits per heavy atom. The van der Waals surface area contributed by atoms with E-state index in [0.29, 0.717) is 26.1 Å². The second-order valence-corrected chi connectivity index (χ2v) is 10.2. The molecule has 0 aromatic heterocycles. The SMILES string of the molecule is O=C(O)CCN(Cc1ccccc1)C(=O)CCCCCCCNC(=O)OCC1c2ccccc2-c2ccccc21. The van der Waals surface area contributed by atoms with E-state index < -0.39 is 12.1 Å². The molecule has 0 aliphatic heterocycles. The zero-order valence-electron chi connectivity index (χ0n) is 22.9. The van der Waals surface area contributed by atoms with Gasteiger partial charge in [0.2, 0.25) is 5.91 Å². The number of ether oxygens (including phenoxy) is 1. The van der Waals surface area contributed by atoms with Crippen molar-refractivity contribution in [3.63, 3.8) is 0 Å². The highest BCUT2D eigenvalue weighted by Crippen LogP contribution is 2.44. The van der Waals surface area contributed by atoms with Crippen LogP contribution in [0.4, 0.5) is 4.79 Å². The number of alkyl carbamates (subject to hydrolysis) is 1. The summed E-state index contributed by atoms with van der Waals surface area (Å²) in [7, 11) is 0. The molecule has 0 atom stereocenters. The molecule has 4 rings (SSSR count). The van der Waals surface area contributed by atoms with Crippen LogP contribution in [0.25, 0.3) is 11.1 Å². The van der Waals surface area contributed by atoms with Gasteiger partial charge >= 0.3 is 12.1 Å². The lowest BCUT2D eigenvalue weighted by Crippen LogP contribution is -2.32. The number of carboxylic acid groups (broad SMARTS) is 1. The van der Waals surface area contributed by atoms with E-state index in [0.717, 1.165) is 37.7 Å². The average Bonchev–Trinajstić information content (AvgIpc) is 3.29. The topological polar surface area (TPSA) is 95.9 Å². The summed E-state index contributed by atoms with van der Waals surface area (Å²) < 4.78 is 5.58. The zero-order chi connectivity index (χ0) is 28.2. The van der Waals surface area contributed by atoms with Gasteiger partial charge in [0.15, 0.2) is 0 Å². The van der Waals surface area contributed by atoms with Crippen LogP contribution in [0.3, 0.4) is 0 Å². The standard InChI is InChI=1S/C33H38N2O5/c36-31(35(22-20-32(37)38)23-25-13-5-4-6-14-25)19-7-2-1-3-12-21-34-33(39)40-24-30-28-17-10-8-15-26(28)27-16-9-11-18-29(27)30/h4-6,8-11,13-18,30H,1-3,7,12,19-24H2,(H,34,39)(H,37,38). The van der Waals surface area contributed by atoms with Gasteiger partial charge in [-0.1, -0.05) is 98.1 Å². The van der Waals surface area contributed by atoms with Gasteiger partial charge in [0.1, 0.15) is 6.61 Å². The number of carbonyl (C=O) groups is 3. The Balaban J connectivity index is 1.09. The molecule has 3 aromatic rings. The van der Waals surface area contributed by atoms with E-state index in [1.807, 2.05) is 54.6 Å². The van der Waals surface area contributed by atoms with Crippen molar-refractivity contribution in [2.45, 2.75) is 57.4 Å². The smallest absolute Gasteiger partial charge is 0.407 e. The molecule has 0 bridgehead atoms. The van der Waals surface area contributed by atoms with Gasteiger partial charge in [-0.05, 0) is 40.7 Å². The van der Waals surface area contributed by atoms with Crippen molar-refractivity contribution in [2.24, 2.45) is 0 Å². The summed E-state index contributed by atoms with van der Waals surface area (Å²) in [6, 6.07) is 26.2. The Morgan fingerprint density at radius 2 is 1.35 bits per heavy atom. The molecule has 0 spiro atoms. The van der Waals surface area contributed by atoms with Crippen LogP contribution < -0.4 is 5.32 Å². The van der Waals surface area contributed by atoms with Crippen LogP contribution in [0.2, 0.25) is 0 Å². The molecule has 7 nitrogen and oxygen atoms in total. The number of nitrogens with zero attached hydrogens (tertiary/aromatic N) is 1. The number of hydrogen-bond donors (Lipinski definition) is 2. The summed E-state index contributed by atoms with van der Waals surface area (Å²) in [6.45, 7) is 1.50. The fourth-order valence-corrected chi connectivity index (χ4v) is 5.26. The number of aliphatic carboxylic acids is 1. The highest BCUT2D eigenvalue weighted by atomic mass is 16.5.